The van der Waals surface area contributed by atoms with E-state index in [1.165, 1.54) is 95.1 Å². The second kappa shape index (κ2) is 16.4. The van der Waals surface area contributed by atoms with Gasteiger partial charge in [-0.3, -0.25) is 4.90 Å². The minimum atomic E-state index is 0.722. The number of hydrogen-bond acceptors (Lipinski definition) is 8. The van der Waals surface area contributed by atoms with Crippen molar-refractivity contribution in [3.63, 3.8) is 0 Å². The summed E-state index contributed by atoms with van der Waals surface area (Å²) in [6.45, 7) is 15.2. The first-order valence-corrected chi connectivity index (χ1v) is 16.5. The molecule has 3 fully saturated rings. The SMILES string of the molecule is Cc1cc(N2CCN(CCN3CCCCC3)CC2)nc(NCc2ccc(CNCCCNC3CCCCC3)cc2)n1. The Morgan fingerprint density at radius 1 is 0.732 bits per heavy atom. The molecule has 1 saturated carbocycles. The third-order valence-electron chi connectivity index (χ3n) is 9.09. The minimum Gasteiger partial charge on any atom is -0.354 e. The van der Waals surface area contributed by atoms with Gasteiger partial charge in [-0.05, 0) is 76.3 Å². The van der Waals surface area contributed by atoms with Gasteiger partial charge >= 0.3 is 0 Å². The summed E-state index contributed by atoms with van der Waals surface area (Å²) in [5.74, 6) is 1.77. The normalized spacial score (nSPS) is 19.5. The molecule has 0 bridgehead atoms. The summed E-state index contributed by atoms with van der Waals surface area (Å²) in [5, 5.41) is 10.8. The Morgan fingerprint density at radius 2 is 1.39 bits per heavy atom. The van der Waals surface area contributed by atoms with Crippen LogP contribution in [0.4, 0.5) is 11.8 Å². The van der Waals surface area contributed by atoms with Gasteiger partial charge in [-0.25, -0.2) is 4.98 Å². The standard InChI is InChI=1S/C33H54N8/c1-28-25-32(41-23-21-40(22-24-41)20-19-39-17-6-3-7-18-39)38-33(37-28)36-27-30-13-11-29(12-14-30)26-34-15-8-16-35-31-9-4-2-5-10-31/h11-14,25,31,34-35H,2-10,15-24,26-27H2,1H3,(H,36,37,38). The summed E-state index contributed by atoms with van der Waals surface area (Å²) >= 11 is 0. The van der Waals surface area contributed by atoms with Crippen molar-refractivity contribution in [2.75, 3.05) is 75.7 Å². The largest absolute Gasteiger partial charge is 0.354 e. The van der Waals surface area contributed by atoms with Gasteiger partial charge in [-0.1, -0.05) is 49.9 Å². The van der Waals surface area contributed by atoms with Gasteiger partial charge in [-0.2, -0.15) is 4.98 Å². The highest BCUT2D eigenvalue weighted by Gasteiger charge is 2.20. The van der Waals surface area contributed by atoms with Crippen LogP contribution in [0.25, 0.3) is 0 Å². The van der Waals surface area contributed by atoms with Crippen LogP contribution < -0.4 is 20.9 Å². The molecule has 3 heterocycles. The van der Waals surface area contributed by atoms with E-state index in [-0.39, 0.29) is 0 Å². The average Bonchev–Trinajstić information content (AvgIpc) is 3.02. The summed E-state index contributed by atoms with van der Waals surface area (Å²) in [5.41, 5.74) is 3.60. The molecule has 41 heavy (non-hydrogen) atoms. The third kappa shape index (κ3) is 10.2. The van der Waals surface area contributed by atoms with Crippen LogP contribution in [0.3, 0.4) is 0 Å². The highest BCUT2D eigenvalue weighted by Crippen LogP contribution is 2.19. The Kier molecular flexibility index (Phi) is 12.1. The lowest BCUT2D eigenvalue weighted by Gasteiger charge is -2.37. The van der Waals surface area contributed by atoms with Gasteiger partial charge in [0, 0.05) is 70.2 Å². The molecule has 1 aromatic heterocycles. The lowest BCUT2D eigenvalue weighted by molar-refractivity contribution is 0.176. The molecule has 0 spiro atoms. The van der Waals surface area contributed by atoms with Gasteiger partial charge < -0.3 is 25.8 Å². The van der Waals surface area contributed by atoms with Crippen molar-refractivity contribution < 1.29 is 0 Å². The van der Waals surface area contributed by atoms with Crippen LogP contribution in [0.1, 0.15) is 74.6 Å². The molecule has 0 atom stereocenters. The maximum absolute atomic E-state index is 4.89. The minimum absolute atomic E-state index is 0.722. The topological polar surface area (TPSA) is 71.6 Å². The Bertz CT molecular complexity index is 1010. The predicted molar refractivity (Wildman–Crippen MR) is 171 cm³/mol. The summed E-state index contributed by atoms with van der Waals surface area (Å²) in [4.78, 5) is 17.2. The van der Waals surface area contributed by atoms with Crippen molar-refractivity contribution in [3.8, 4) is 0 Å². The molecule has 2 saturated heterocycles. The lowest BCUT2D eigenvalue weighted by atomic mass is 9.95. The van der Waals surface area contributed by atoms with Gasteiger partial charge in [-0.15, -0.1) is 0 Å². The van der Waals surface area contributed by atoms with Crippen LogP contribution in [0.2, 0.25) is 0 Å². The fourth-order valence-electron chi connectivity index (χ4n) is 6.47. The number of piperidine rings is 1. The number of anilines is 2. The van der Waals surface area contributed by atoms with Crippen molar-refractivity contribution in [2.45, 2.75) is 83.8 Å². The molecule has 0 amide bonds. The van der Waals surface area contributed by atoms with Crippen LogP contribution in [0.5, 0.6) is 0 Å². The number of piperazine rings is 1. The number of aryl methyl sites for hydroxylation is 1. The van der Waals surface area contributed by atoms with Crippen molar-refractivity contribution in [1.29, 1.82) is 0 Å². The van der Waals surface area contributed by atoms with Gasteiger partial charge in [0.25, 0.3) is 0 Å². The average molecular weight is 563 g/mol. The number of aromatic nitrogens is 2. The first-order valence-electron chi connectivity index (χ1n) is 16.5. The van der Waals surface area contributed by atoms with Crippen molar-refractivity contribution >= 4 is 11.8 Å². The molecule has 0 radical (unpaired) electrons. The fraction of sp³-hybridized carbons (Fsp3) is 0.697. The molecule has 8 nitrogen and oxygen atoms in total. The van der Waals surface area contributed by atoms with Crippen molar-refractivity contribution in [2.24, 2.45) is 0 Å². The zero-order valence-corrected chi connectivity index (χ0v) is 25.5. The van der Waals surface area contributed by atoms with E-state index in [0.717, 1.165) is 75.9 Å². The van der Waals surface area contributed by atoms with Gasteiger partial charge in [0.1, 0.15) is 5.82 Å². The van der Waals surface area contributed by atoms with E-state index in [4.69, 9.17) is 4.98 Å². The van der Waals surface area contributed by atoms with Gasteiger partial charge in [0.15, 0.2) is 0 Å². The number of likely N-dealkylation sites (tertiary alicyclic amines) is 1. The molecule has 1 aliphatic carbocycles. The van der Waals surface area contributed by atoms with Gasteiger partial charge in [0.05, 0.1) is 0 Å². The summed E-state index contributed by atoms with van der Waals surface area (Å²) in [6.07, 6.45) is 12.3. The van der Waals surface area contributed by atoms with Crippen molar-refractivity contribution in [1.82, 2.24) is 30.4 Å². The highest BCUT2D eigenvalue weighted by atomic mass is 15.3. The molecule has 1 aromatic carbocycles. The number of rotatable bonds is 14. The number of nitrogens with one attached hydrogen (secondary N) is 3. The molecular formula is C33H54N8. The maximum Gasteiger partial charge on any atom is 0.225 e. The summed E-state index contributed by atoms with van der Waals surface area (Å²) in [6, 6.07) is 11.8. The van der Waals surface area contributed by atoms with E-state index in [1.54, 1.807) is 0 Å². The van der Waals surface area contributed by atoms with E-state index in [9.17, 15) is 0 Å². The Balaban J connectivity index is 0.991. The third-order valence-corrected chi connectivity index (χ3v) is 9.09. The Labute approximate surface area is 248 Å². The molecule has 5 rings (SSSR count). The Morgan fingerprint density at radius 3 is 2.12 bits per heavy atom. The quantitative estimate of drug-likeness (QED) is 0.293. The molecule has 3 N–H and O–H groups in total. The van der Waals surface area contributed by atoms with E-state index in [2.05, 4.69) is 72.9 Å². The second-order valence-corrected chi connectivity index (χ2v) is 12.4. The van der Waals surface area contributed by atoms with Crippen LogP contribution >= 0.6 is 0 Å². The lowest BCUT2D eigenvalue weighted by Crippen LogP contribution is -2.49. The molecular weight excluding hydrogens is 508 g/mol. The molecule has 226 valence electrons. The molecule has 2 aliphatic heterocycles. The number of hydrogen-bond donors (Lipinski definition) is 3. The molecule has 3 aliphatic rings. The molecule has 2 aromatic rings. The fourth-order valence-corrected chi connectivity index (χ4v) is 6.47. The van der Waals surface area contributed by atoms with Crippen LogP contribution in [0.15, 0.2) is 30.3 Å². The first kappa shape index (κ1) is 30.2. The van der Waals surface area contributed by atoms with Crippen LogP contribution in [0, 0.1) is 6.92 Å². The van der Waals surface area contributed by atoms with Gasteiger partial charge in [0.2, 0.25) is 5.95 Å². The number of nitrogens with zero attached hydrogens (tertiary/aromatic N) is 5. The Hall–Kier alpha value is -2.26. The highest BCUT2D eigenvalue weighted by molar-refractivity contribution is 5.45. The smallest absolute Gasteiger partial charge is 0.225 e. The second-order valence-electron chi connectivity index (χ2n) is 12.4. The zero-order chi connectivity index (χ0) is 28.1. The summed E-state index contributed by atoms with van der Waals surface area (Å²) < 4.78 is 0. The predicted octanol–water partition coefficient (Wildman–Crippen LogP) is 4.41. The van der Waals surface area contributed by atoms with E-state index >= 15 is 0 Å². The monoisotopic (exact) mass is 562 g/mol. The van der Waals surface area contributed by atoms with E-state index in [0.29, 0.717) is 0 Å². The van der Waals surface area contributed by atoms with Crippen LogP contribution in [-0.4, -0.2) is 91.3 Å². The zero-order valence-electron chi connectivity index (χ0n) is 25.5. The maximum atomic E-state index is 4.89. The first-order chi connectivity index (χ1) is 20.2. The number of benzene rings is 1. The van der Waals surface area contributed by atoms with Crippen LogP contribution in [-0.2, 0) is 13.1 Å². The van der Waals surface area contributed by atoms with E-state index < -0.39 is 0 Å². The van der Waals surface area contributed by atoms with Crippen molar-refractivity contribution in [3.05, 3.63) is 47.2 Å². The van der Waals surface area contributed by atoms with E-state index in [1.807, 2.05) is 0 Å². The summed E-state index contributed by atoms with van der Waals surface area (Å²) in [7, 11) is 0. The molecule has 8 heteroatoms. The molecule has 0 unspecified atom stereocenters.